The van der Waals surface area contributed by atoms with Crippen molar-refractivity contribution >= 4 is 33.0 Å². The monoisotopic (exact) mass is 632 g/mol. The quantitative estimate of drug-likeness (QED) is 0.143. The number of para-hydroxylation sites is 4. The number of benzene rings is 4. The van der Waals surface area contributed by atoms with Gasteiger partial charge in [0, 0.05) is 35.0 Å². The van der Waals surface area contributed by atoms with E-state index in [4.69, 9.17) is 9.47 Å². The van der Waals surface area contributed by atoms with Gasteiger partial charge in [-0.3, -0.25) is 0 Å². The zero-order valence-electron chi connectivity index (χ0n) is 26.8. The molecule has 0 aliphatic carbocycles. The highest BCUT2D eigenvalue weighted by molar-refractivity contribution is 8.76. The third-order valence-corrected chi connectivity index (χ3v) is 11.1. The van der Waals surface area contributed by atoms with Gasteiger partial charge in [0.25, 0.3) is 0 Å². The molecule has 4 rings (SSSR count). The lowest BCUT2D eigenvalue weighted by atomic mass is 9.89. The van der Waals surface area contributed by atoms with Crippen molar-refractivity contribution in [2.75, 3.05) is 38.1 Å². The van der Waals surface area contributed by atoms with E-state index < -0.39 is 23.3 Å². The summed E-state index contributed by atoms with van der Waals surface area (Å²) in [6, 6.07) is 31.7. The standard InChI is InChI=1S/C36H44N2O4S2/c1-35(2,33(39)25-17-9-13-21-29(25)41-7)37(5)27-19-11-15-23-31(27)43-44-32-24-16-12-20-28(32)38(6)36(3,4)34(40)26-18-10-14-22-30(26)42-8/h9-24,33-34,39-40H,1-8H3. The molecular formula is C36H44N2O4S2. The van der Waals surface area contributed by atoms with Crippen LogP contribution >= 0.6 is 21.6 Å². The van der Waals surface area contributed by atoms with Crippen LogP contribution in [0.15, 0.2) is 107 Å². The van der Waals surface area contributed by atoms with E-state index in [1.165, 1.54) is 0 Å². The average Bonchev–Trinajstić information content (AvgIpc) is 3.06. The van der Waals surface area contributed by atoms with Crippen LogP contribution in [-0.2, 0) is 0 Å². The topological polar surface area (TPSA) is 65.4 Å². The first-order valence-corrected chi connectivity index (χ1v) is 16.7. The van der Waals surface area contributed by atoms with Gasteiger partial charge in [-0.2, -0.15) is 0 Å². The van der Waals surface area contributed by atoms with Crippen molar-refractivity contribution in [2.45, 2.75) is 60.8 Å². The van der Waals surface area contributed by atoms with Crippen molar-refractivity contribution in [1.82, 2.24) is 0 Å². The zero-order chi connectivity index (χ0) is 32.1. The van der Waals surface area contributed by atoms with E-state index in [9.17, 15) is 10.2 Å². The molecule has 6 nitrogen and oxygen atoms in total. The summed E-state index contributed by atoms with van der Waals surface area (Å²) in [7, 11) is 10.6. The van der Waals surface area contributed by atoms with Gasteiger partial charge in [0.05, 0.1) is 36.7 Å². The van der Waals surface area contributed by atoms with Crippen LogP contribution in [0.4, 0.5) is 11.4 Å². The lowest BCUT2D eigenvalue weighted by Gasteiger charge is -2.42. The average molecular weight is 633 g/mol. The highest BCUT2D eigenvalue weighted by Crippen LogP contribution is 2.48. The van der Waals surface area contributed by atoms with Gasteiger partial charge in [-0.05, 0) is 64.1 Å². The Balaban J connectivity index is 1.58. The fraction of sp³-hybridized carbons (Fsp3) is 0.333. The summed E-state index contributed by atoms with van der Waals surface area (Å²) >= 11 is 0. The molecule has 0 heterocycles. The van der Waals surface area contributed by atoms with E-state index in [1.54, 1.807) is 35.8 Å². The normalized spacial score (nSPS) is 13.2. The summed E-state index contributed by atoms with van der Waals surface area (Å²) in [6.45, 7) is 8.16. The molecule has 0 aliphatic rings. The summed E-state index contributed by atoms with van der Waals surface area (Å²) in [5.41, 5.74) is 2.24. The van der Waals surface area contributed by atoms with Crippen LogP contribution in [0.3, 0.4) is 0 Å². The number of aliphatic hydroxyl groups is 2. The first-order chi connectivity index (χ1) is 20.9. The third-order valence-electron chi connectivity index (χ3n) is 8.61. The smallest absolute Gasteiger partial charge is 0.124 e. The highest BCUT2D eigenvalue weighted by Gasteiger charge is 2.37. The van der Waals surface area contributed by atoms with Gasteiger partial charge in [0.2, 0.25) is 0 Å². The second-order valence-electron chi connectivity index (χ2n) is 11.8. The van der Waals surface area contributed by atoms with Crippen molar-refractivity contribution < 1.29 is 19.7 Å². The third kappa shape index (κ3) is 6.84. The number of anilines is 2. The molecule has 4 aromatic rings. The fourth-order valence-corrected chi connectivity index (χ4v) is 7.65. The Bertz CT molecular complexity index is 1430. The van der Waals surface area contributed by atoms with Gasteiger partial charge in [-0.25, -0.2) is 0 Å². The summed E-state index contributed by atoms with van der Waals surface area (Å²) in [4.78, 5) is 6.42. The minimum absolute atomic E-state index is 0.646. The van der Waals surface area contributed by atoms with Gasteiger partial charge in [-0.1, -0.05) is 82.3 Å². The molecule has 44 heavy (non-hydrogen) atoms. The first kappa shape index (κ1) is 33.6. The largest absolute Gasteiger partial charge is 0.496 e. The molecule has 2 unspecified atom stereocenters. The Hall–Kier alpha value is -3.30. The second-order valence-corrected chi connectivity index (χ2v) is 14.0. The van der Waals surface area contributed by atoms with Gasteiger partial charge in [0.1, 0.15) is 23.7 Å². The van der Waals surface area contributed by atoms with Crippen LogP contribution in [-0.4, -0.2) is 49.6 Å². The summed E-state index contributed by atoms with van der Waals surface area (Å²) < 4.78 is 11.1. The van der Waals surface area contributed by atoms with E-state index in [2.05, 4.69) is 34.1 Å². The maximum absolute atomic E-state index is 11.6. The van der Waals surface area contributed by atoms with Crippen LogP contribution < -0.4 is 19.3 Å². The van der Waals surface area contributed by atoms with E-state index in [0.29, 0.717) is 11.5 Å². The molecule has 0 saturated carbocycles. The molecule has 0 radical (unpaired) electrons. The lowest BCUT2D eigenvalue weighted by molar-refractivity contribution is 0.0981. The molecule has 234 valence electrons. The van der Waals surface area contributed by atoms with Crippen LogP contribution in [0.25, 0.3) is 0 Å². The maximum atomic E-state index is 11.6. The Morgan fingerprint density at radius 2 is 0.864 bits per heavy atom. The molecule has 0 aliphatic heterocycles. The van der Waals surface area contributed by atoms with E-state index in [-0.39, 0.29) is 0 Å². The molecule has 0 spiro atoms. The van der Waals surface area contributed by atoms with Crippen molar-refractivity contribution in [2.24, 2.45) is 0 Å². The SMILES string of the molecule is COc1ccccc1C(O)C(C)(C)N(C)c1ccccc1SSc1ccccc1N(C)C(C)(C)C(O)c1ccccc1OC. The molecule has 2 N–H and O–H groups in total. The summed E-state index contributed by atoms with van der Waals surface area (Å²) in [5.74, 6) is 1.33. The molecule has 0 aromatic heterocycles. The summed E-state index contributed by atoms with van der Waals surface area (Å²) in [6.07, 6.45) is -1.58. The Labute approximate surface area is 270 Å². The number of hydrogen-bond donors (Lipinski definition) is 2. The number of likely N-dealkylation sites (N-methyl/N-ethyl adjacent to an activating group) is 2. The zero-order valence-corrected chi connectivity index (χ0v) is 28.4. The van der Waals surface area contributed by atoms with Crippen molar-refractivity contribution in [3.8, 4) is 11.5 Å². The number of methoxy groups -OCH3 is 2. The summed E-state index contributed by atoms with van der Waals surface area (Å²) in [5, 5.41) is 23.1. The predicted molar refractivity (Wildman–Crippen MR) is 185 cm³/mol. The van der Waals surface area contributed by atoms with Gasteiger partial charge in [-0.15, -0.1) is 0 Å². The molecule has 0 amide bonds. The number of rotatable bonds is 13. The van der Waals surface area contributed by atoms with Crippen LogP contribution in [0, 0.1) is 0 Å². The van der Waals surface area contributed by atoms with E-state index >= 15 is 0 Å². The molecule has 0 bridgehead atoms. The van der Waals surface area contributed by atoms with E-state index in [0.717, 1.165) is 32.3 Å². The van der Waals surface area contributed by atoms with E-state index in [1.807, 2.05) is 115 Å². The molecular weight excluding hydrogens is 589 g/mol. The lowest BCUT2D eigenvalue weighted by Crippen LogP contribution is -2.46. The first-order valence-electron chi connectivity index (χ1n) is 14.6. The number of aliphatic hydroxyl groups excluding tert-OH is 2. The predicted octanol–water partition coefficient (Wildman–Crippen LogP) is 8.40. The minimum Gasteiger partial charge on any atom is -0.496 e. The Morgan fingerprint density at radius 1 is 0.545 bits per heavy atom. The van der Waals surface area contributed by atoms with Crippen LogP contribution in [0.5, 0.6) is 11.5 Å². The molecule has 0 saturated heterocycles. The number of nitrogens with zero attached hydrogens (tertiary/aromatic N) is 2. The van der Waals surface area contributed by atoms with Crippen molar-refractivity contribution in [1.29, 1.82) is 0 Å². The van der Waals surface area contributed by atoms with Gasteiger partial charge >= 0.3 is 0 Å². The molecule has 4 aromatic carbocycles. The maximum Gasteiger partial charge on any atom is 0.124 e. The van der Waals surface area contributed by atoms with Crippen molar-refractivity contribution in [3.63, 3.8) is 0 Å². The van der Waals surface area contributed by atoms with Crippen molar-refractivity contribution in [3.05, 3.63) is 108 Å². The minimum atomic E-state index is -0.791. The highest BCUT2D eigenvalue weighted by atomic mass is 33.1. The van der Waals surface area contributed by atoms with Gasteiger partial charge < -0.3 is 29.5 Å². The second kappa shape index (κ2) is 14.2. The molecule has 0 fully saturated rings. The molecule has 2 atom stereocenters. The number of ether oxygens (including phenoxy) is 2. The number of hydrogen-bond acceptors (Lipinski definition) is 8. The van der Waals surface area contributed by atoms with Crippen LogP contribution in [0.2, 0.25) is 0 Å². The fourth-order valence-electron chi connectivity index (χ4n) is 5.23. The molecule has 8 heteroatoms. The Morgan fingerprint density at radius 3 is 1.23 bits per heavy atom. The van der Waals surface area contributed by atoms with Crippen LogP contribution in [0.1, 0.15) is 51.0 Å². The van der Waals surface area contributed by atoms with Gasteiger partial charge in [0.15, 0.2) is 0 Å². The Kier molecular flexibility index (Phi) is 10.8.